The molecule has 15 nitrogen and oxygen atoms in total. The van der Waals surface area contributed by atoms with E-state index < -0.39 is 46.6 Å². The van der Waals surface area contributed by atoms with E-state index in [0.29, 0.717) is 30.5 Å². The van der Waals surface area contributed by atoms with E-state index in [4.69, 9.17) is 15.1 Å². The van der Waals surface area contributed by atoms with E-state index in [1.807, 2.05) is 36.7 Å². The van der Waals surface area contributed by atoms with Gasteiger partial charge in [-0.15, -0.1) is 0 Å². The SMILES string of the molecule is Cn1c(=O)n([C@@H]2CCC(=O)NC2=O)c2ccc(CN3CCN(c4ncc(-c5ccc6cn(C78CCC(CNC(=O)c9cc(F)c(O)c(F)c9F)(CC7)CC8)nc6c5)cn4)CC3)cc21. The lowest BCUT2D eigenvalue weighted by molar-refractivity contribution is -0.135. The van der Waals surface area contributed by atoms with Crippen molar-refractivity contribution in [2.45, 2.75) is 69.5 Å². The van der Waals surface area contributed by atoms with Crippen molar-refractivity contribution in [2.75, 3.05) is 37.6 Å². The van der Waals surface area contributed by atoms with Gasteiger partial charge in [0.1, 0.15) is 6.04 Å². The van der Waals surface area contributed by atoms with Gasteiger partial charge in [0.15, 0.2) is 17.4 Å². The van der Waals surface area contributed by atoms with Gasteiger partial charge in [-0.25, -0.2) is 23.5 Å². The number of phenols is 1. The van der Waals surface area contributed by atoms with Gasteiger partial charge in [-0.05, 0) is 85.8 Å². The van der Waals surface area contributed by atoms with Crippen LogP contribution in [0.15, 0.2) is 65.8 Å². The number of hydrogen-bond acceptors (Lipinski definition) is 10. The molecular weight excluding hydrogens is 818 g/mol. The number of phenolic OH excluding ortho intramolecular Hbond substituents is 1. The molecule has 3 aromatic heterocycles. The summed E-state index contributed by atoms with van der Waals surface area (Å²) in [6.07, 6.45) is 11.2. The van der Waals surface area contributed by atoms with E-state index in [1.54, 1.807) is 11.6 Å². The Morgan fingerprint density at radius 1 is 0.889 bits per heavy atom. The lowest BCUT2D eigenvalue weighted by atomic mass is 9.57. The van der Waals surface area contributed by atoms with Crippen LogP contribution in [0, 0.1) is 22.9 Å². The molecule has 2 bridgehead atoms. The number of nitrogens with zero attached hydrogens (tertiary/aromatic N) is 8. The van der Waals surface area contributed by atoms with Crippen molar-refractivity contribution in [3.05, 3.63) is 100 Å². The molecule has 18 heteroatoms. The smallest absolute Gasteiger partial charge is 0.329 e. The summed E-state index contributed by atoms with van der Waals surface area (Å²) in [5.74, 6) is -7.23. The third-order valence-corrected chi connectivity index (χ3v) is 14.1. The first-order chi connectivity index (χ1) is 30.3. The minimum atomic E-state index is -1.78. The van der Waals surface area contributed by atoms with Gasteiger partial charge in [-0.1, -0.05) is 18.2 Å². The van der Waals surface area contributed by atoms with Gasteiger partial charge in [-0.2, -0.15) is 9.49 Å². The number of hydrogen-bond donors (Lipinski definition) is 3. The fourth-order valence-electron chi connectivity index (χ4n) is 10.1. The van der Waals surface area contributed by atoms with Gasteiger partial charge in [-0.3, -0.25) is 38.4 Å². The number of nitrogens with one attached hydrogen (secondary N) is 2. The van der Waals surface area contributed by atoms with Crippen LogP contribution in [0.5, 0.6) is 5.75 Å². The van der Waals surface area contributed by atoms with Gasteiger partial charge in [0, 0.05) is 82.3 Å². The summed E-state index contributed by atoms with van der Waals surface area (Å²) in [5, 5.41) is 20.4. The molecule has 5 fully saturated rings. The highest BCUT2D eigenvalue weighted by Gasteiger charge is 2.50. The number of anilines is 1. The van der Waals surface area contributed by atoms with Gasteiger partial charge in [0.25, 0.3) is 5.91 Å². The molecule has 3 aliphatic carbocycles. The Morgan fingerprint density at radius 3 is 2.33 bits per heavy atom. The summed E-state index contributed by atoms with van der Waals surface area (Å²) in [6, 6.07) is 11.8. The number of carbonyl (C=O) groups excluding carboxylic acids is 3. The summed E-state index contributed by atoms with van der Waals surface area (Å²) in [7, 11) is 1.70. The number of aromatic nitrogens is 6. The van der Waals surface area contributed by atoms with Crippen LogP contribution in [0.4, 0.5) is 19.1 Å². The first-order valence-electron chi connectivity index (χ1n) is 21.3. The van der Waals surface area contributed by atoms with Crippen LogP contribution < -0.4 is 21.2 Å². The third kappa shape index (κ3) is 7.09. The molecule has 5 heterocycles. The number of aryl methyl sites for hydroxylation is 1. The number of halogens is 3. The van der Waals surface area contributed by atoms with Crippen LogP contribution in [-0.2, 0) is 28.7 Å². The lowest BCUT2D eigenvalue weighted by Crippen LogP contribution is -2.51. The zero-order valence-electron chi connectivity index (χ0n) is 34.5. The maximum absolute atomic E-state index is 14.3. The number of piperidine rings is 1. The van der Waals surface area contributed by atoms with Crippen LogP contribution in [0.3, 0.4) is 0 Å². The predicted molar refractivity (Wildman–Crippen MR) is 225 cm³/mol. The van der Waals surface area contributed by atoms with Crippen molar-refractivity contribution in [2.24, 2.45) is 12.5 Å². The van der Waals surface area contributed by atoms with Crippen molar-refractivity contribution in [1.82, 2.24) is 44.4 Å². The topological polar surface area (TPSA) is 173 Å². The summed E-state index contributed by atoms with van der Waals surface area (Å²) in [4.78, 5) is 64.2. The minimum absolute atomic E-state index is 0.172. The molecule has 63 heavy (non-hydrogen) atoms. The molecule has 11 rings (SSSR count). The Kier molecular flexibility index (Phi) is 9.87. The van der Waals surface area contributed by atoms with Crippen LogP contribution in [0.25, 0.3) is 33.1 Å². The van der Waals surface area contributed by atoms with Crippen LogP contribution in [0.2, 0.25) is 0 Å². The number of rotatable bonds is 9. The molecule has 0 radical (unpaired) electrons. The largest absolute Gasteiger partial charge is 0.503 e. The van der Waals surface area contributed by atoms with Crippen molar-refractivity contribution in [1.29, 1.82) is 0 Å². The monoisotopic (exact) mass is 862 g/mol. The molecule has 3 aromatic carbocycles. The highest BCUT2D eigenvalue weighted by molar-refractivity contribution is 6.00. The predicted octanol–water partition coefficient (Wildman–Crippen LogP) is 5.05. The lowest BCUT2D eigenvalue weighted by Gasteiger charge is -2.53. The number of benzene rings is 3. The van der Waals surface area contributed by atoms with Gasteiger partial charge in [0.05, 0.1) is 27.7 Å². The van der Waals surface area contributed by atoms with Gasteiger partial charge >= 0.3 is 5.69 Å². The molecule has 2 aliphatic heterocycles. The number of aromatic hydroxyl groups is 1. The second-order valence-corrected chi connectivity index (χ2v) is 17.7. The fourth-order valence-corrected chi connectivity index (χ4v) is 10.1. The summed E-state index contributed by atoms with van der Waals surface area (Å²) < 4.78 is 47.2. The van der Waals surface area contributed by atoms with Crippen molar-refractivity contribution >= 4 is 45.6 Å². The highest BCUT2D eigenvalue weighted by atomic mass is 19.2. The molecule has 1 atom stereocenters. The van der Waals surface area contributed by atoms with Crippen molar-refractivity contribution in [3.8, 4) is 16.9 Å². The first-order valence-corrected chi connectivity index (χ1v) is 21.3. The van der Waals surface area contributed by atoms with E-state index in [1.165, 1.54) is 4.57 Å². The van der Waals surface area contributed by atoms with Gasteiger partial charge < -0.3 is 15.3 Å². The number of imide groups is 1. The Labute approximate surface area is 358 Å². The average Bonchev–Trinajstić information content (AvgIpc) is 3.85. The fraction of sp³-hybridized carbons (Fsp3) is 0.400. The van der Waals surface area contributed by atoms with E-state index >= 15 is 0 Å². The first kappa shape index (κ1) is 40.5. The highest BCUT2D eigenvalue weighted by Crippen LogP contribution is 2.55. The Bertz CT molecular complexity index is 2880. The molecule has 0 unspecified atom stereocenters. The molecular formula is C45H45F3N10O5. The van der Waals surface area contributed by atoms with E-state index in [0.717, 1.165) is 97.8 Å². The van der Waals surface area contributed by atoms with E-state index in [-0.39, 0.29) is 35.5 Å². The van der Waals surface area contributed by atoms with Crippen molar-refractivity contribution < 1.29 is 32.7 Å². The van der Waals surface area contributed by atoms with E-state index in [2.05, 4.69) is 43.4 Å². The molecule has 5 aliphatic rings. The Balaban J connectivity index is 0.747. The van der Waals surface area contributed by atoms with Crippen LogP contribution >= 0.6 is 0 Å². The number of imidazole rings is 1. The molecule has 3 saturated carbocycles. The average molecular weight is 863 g/mol. The Morgan fingerprint density at radius 2 is 1.62 bits per heavy atom. The zero-order chi connectivity index (χ0) is 43.8. The molecule has 0 spiro atoms. The number of piperazine rings is 1. The Hall–Kier alpha value is -6.56. The summed E-state index contributed by atoms with van der Waals surface area (Å²) in [5.41, 5.74) is 3.71. The second-order valence-electron chi connectivity index (χ2n) is 17.7. The quantitative estimate of drug-likeness (QED) is 0.132. The zero-order valence-corrected chi connectivity index (χ0v) is 34.5. The normalized spacial score (nSPS) is 22.9. The number of carbonyl (C=O) groups is 3. The number of fused-ring (bicyclic) bond motifs is 5. The van der Waals surface area contributed by atoms with Crippen LogP contribution in [0.1, 0.15) is 73.3 Å². The standard InChI is InChI=1S/C45H45F3N10O5/c1-54-35-18-26(2-5-33(35)58(43(54)63)34-6-7-36(59)52-41(34)62)23-55-14-16-56(17-15-55)42-49-21-29(22-50-42)27-3-4-28-24-57(53-32(28)19-27)45-11-8-44(9-12-45,10-13-45)25-51-40(61)30-20-31(46)39(60)38(48)37(30)47/h2-5,18-22,24,34,60H,6-17,23,25H2,1H3,(H,51,61)(H,52,59,62)/t34-,44?,45?/m1/s1. The molecule has 6 aromatic rings. The maximum Gasteiger partial charge on any atom is 0.329 e. The summed E-state index contributed by atoms with van der Waals surface area (Å²) in [6.45, 7) is 4.03. The number of amides is 3. The minimum Gasteiger partial charge on any atom is -0.503 e. The van der Waals surface area contributed by atoms with E-state index in [9.17, 15) is 37.5 Å². The summed E-state index contributed by atoms with van der Waals surface area (Å²) >= 11 is 0. The van der Waals surface area contributed by atoms with Crippen LogP contribution in [-0.4, -0.2) is 89.3 Å². The molecule has 326 valence electrons. The second kappa shape index (κ2) is 15.4. The molecule has 3 N–H and O–H groups in total. The maximum atomic E-state index is 14.3. The van der Waals surface area contributed by atoms with Crippen molar-refractivity contribution in [3.63, 3.8) is 0 Å². The molecule has 2 saturated heterocycles. The third-order valence-electron chi connectivity index (χ3n) is 14.1. The van der Waals surface area contributed by atoms with Gasteiger partial charge in [0.2, 0.25) is 23.6 Å². The molecule has 3 amide bonds.